The molecule has 0 fully saturated rings. The van der Waals surface area contributed by atoms with Gasteiger partial charge < -0.3 is 9.47 Å². The maximum absolute atomic E-state index is 5.58. The molecule has 0 heterocycles. The van der Waals surface area contributed by atoms with E-state index in [1.165, 1.54) is 51.4 Å². The first-order valence-corrected chi connectivity index (χ1v) is 8.23. The summed E-state index contributed by atoms with van der Waals surface area (Å²) in [6, 6.07) is 0.451. The van der Waals surface area contributed by atoms with Gasteiger partial charge in [0, 0.05) is 0 Å². The van der Waals surface area contributed by atoms with E-state index in [-0.39, 0.29) is 18.2 Å². The van der Waals surface area contributed by atoms with Crippen LogP contribution in [0.5, 0.6) is 0 Å². The molecule has 0 saturated carbocycles. The number of alkyl halides is 2. The number of hydrogen-bond acceptors (Lipinski definition) is 2. The summed E-state index contributed by atoms with van der Waals surface area (Å²) in [5.74, 6) is 0. The zero-order chi connectivity index (χ0) is 13.5. The fraction of sp³-hybridized carbons (Fsp3) is 1.00. The van der Waals surface area contributed by atoms with Crippen molar-refractivity contribution in [2.24, 2.45) is 0 Å². The van der Waals surface area contributed by atoms with Crippen LogP contribution in [0.25, 0.3) is 0 Å². The lowest BCUT2D eigenvalue weighted by atomic mass is 10.1. The second-order valence-corrected chi connectivity index (χ2v) is 5.08. The highest BCUT2D eigenvalue weighted by atomic mass is 35.5. The number of ether oxygens (including phenoxy) is 2. The second-order valence-electron chi connectivity index (χ2n) is 4.64. The van der Waals surface area contributed by atoms with Crippen molar-refractivity contribution in [3.63, 3.8) is 0 Å². The summed E-state index contributed by atoms with van der Waals surface area (Å²) in [7, 11) is 0. The van der Waals surface area contributed by atoms with Gasteiger partial charge in [-0.15, -0.1) is 0 Å². The Kier molecular flexibility index (Phi) is 16.0. The minimum Gasteiger partial charge on any atom is -0.363 e. The van der Waals surface area contributed by atoms with Crippen LogP contribution in [-0.4, -0.2) is 24.8 Å². The van der Waals surface area contributed by atoms with Crippen LogP contribution in [0.3, 0.4) is 0 Å². The largest absolute Gasteiger partial charge is 0.363 e. The molecule has 0 aliphatic rings. The molecule has 0 aromatic rings. The SMILES string of the molecule is CCCCCCCCCCC(COCCl)OCCl. The maximum atomic E-state index is 5.58. The van der Waals surface area contributed by atoms with Crippen molar-refractivity contribution in [3.8, 4) is 0 Å². The Hall–Kier alpha value is 0.500. The Labute approximate surface area is 122 Å². The quantitative estimate of drug-likeness (QED) is 0.319. The van der Waals surface area contributed by atoms with Gasteiger partial charge in [0.15, 0.2) is 0 Å². The zero-order valence-electron chi connectivity index (χ0n) is 11.6. The topological polar surface area (TPSA) is 18.5 Å². The van der Waals surface area contributed by atoms with E-state index in [0.717, 1.165) is 6.42 Å². The molecule has 1 unspecified atom stereocenters. The number of halogens is 2. The van der Waals surface area contributed by atoms with E-state index in [2.05, 4.69) is 6.92 Å². The molecule has 0 aliphatic carbocycles. The molecule has 0 amide bonds. The van der Waals surface area contributed by atoms with Gasteiger partial charge in [0.05, 0.1) is 12.7 Å². The van der Waals surface area contributed by atoms with Crippen LogP contribution >= 0.6 is 23.2 Å². The lowest BCUT2D eigenvalue weighted by molar-refractivity contribution is 0.00796. The Morgan fingerprint density at radius 2 is 1.44 bits per heavy atom. The number of rotatable bonds is 14. The van der Waals surface area contributed by atoms with Crippen molar-refractivity contribution in [2.45, 2.75) is 70.8 Å². The van der Waals surface area contributed by atoms with E-state index in [0.29, 0.717) is 6.61 Å². The molecule has 4 heteroatoms. The Bertz CT molecular complexity index is 157. The molecule has 0 saturated heterocycles. The van der Waals surface area contributed by atoms with E-state index >= 15 is 0 Å². The lowest BCUT2D eigenvalue weighted by Crippen LogP contribution is -2.19. The molecule has 2 nitrogen and oxygen atoms in total. The smallest absolute Gasteiger partial charge is 0.121 e. The predicted molar refractivity (Wildman–Crippen MR) is 79.5 cm³/mol. The van der Waals surface area contributed by atoms with E-state index < -0.39 is 0 Å². The van der Waals surface area contributed by atoms with E-state index in [1.54, 1.807) is 0 Å². The molecule has 0 radical (unpaired) electrons. The Morgan fingerprint density at radius 1 is 0.833 bits per heavy atom. The average Bonchev–Trinajstić information content (AvgIpc) is 2.39. The van der Waals surface area contributed by atoms with Gasteiger partial charge in [0.25, 0.3) is 0 Å². The third kappa shape index (κ3) is 12.9. The molecule has 0 rings (SSSR count). The standard InChI is InChI=1S/C14H28Cl2O2/c1-2-3-4-5-6-7-8-9-10-14(18-13-16)11-17-12-15/h14H,2-13H2,1H3. The van der Waals surface area contributed by atoms with Crippen LogP contribution in [0, 0.1) is 0 Å². The Balaban J connectivity index is 3.31. The van der Waals surface area contributed by atoms with Crippen LogP contribution < -0.4 is 0 Å². The molecular formula is C14H28Cl2O2. The predicted octanol–water partition coefficient (Wildman–Crippen LogP) is 5.31. The van der Waals surface area contributed by atoms with Crippen molar-refractivity contribution in [1.29, 1.82) is 0 Å². The third-order valence-electron chi connectivity index (χ3n) is 3.06. The minimum atomic E-state index is 0.0985. The third-order valence-corrected chi connectivity index (χ3v) is 3.34. The highest BCUT2D eigenvalue weighted by molar-refractivity contribution is 6.17. The molecule has 0 aromatic heterocycles. The summed E-state index contributed by atoms with van der Waals surface area (Å²) in [5, 5.41) is 0. The monoisotopic (exact) mass is 298 g/mol. The number of hydrogen-bond donors (Lipinski definition) is 0. The summed E-state index contributed by atoms with van der Waals surface area (Å²) in [5.41, 5.74) is 0. The number of unbranched alkanes of at least 4 members (excludes halogenated alkanes) is 7. The van der Waals surface area contributed by atoms with Crippen molar-refractivity contribution >= 4 is 23.2 Å². The normalized spacial score (nSPS) is 12.8. The minimum absolute atomic E-state index is 0.0985. The molecule has 0 N–H and O–H groups in total. The first-order chi connectivity index (χ1) is 8.85. The second kappa shape index (κ2) is 15.6. The molecule has 0 aromatic carbocycles. The first-order valence-electron chi connectivity index (χ1n) is 7.16. The van der Waals surface area contributed by atoms with Crippen molar-refractivity contribution in [3.05, 3.63) is 0 Å². The average molecular weight is 299 g/mol. The highest BCUT2D eigenvalue weighted by Crippen LogP contribution is 2.12. The molecule has 1 atom stereocenters. The Morgan fingerprint density at radius 3 is 2.00 bits per heavy atom. The summed E-state index contributed by atoms with van der Waals surface area (Å²) in [6.45, 7) is 2.80. The lowest BCUT2D eigenvalue weighted by Gasteiger charge is -2.15. The van der Waals surface area contributed by atoms with E-state index in [9.17, 15) is 0 Å². The molecule has 0 bridgehead atoms. The van der Waals surface area contributed by atoms with Crippen LogP contribution in [0.4, 0.5) is 0 Å². The molecule has 0 spiro atoms. The van der Waals surface area contributed by atoms with Crippen LogP contribution in [0.15, 0.2) is 0 Å². The summed E-state index contributed by atoms with van der Waals surface area (Å²) in [6.07, 6.45) is 11.7. The molecule has 110 valence electrons. The fourth-order valence-corrected chi connectivity index (χ4v) is 2.25. The van der Waals surface area contributed by atoms with Crippen LogP contribution in [-0.2, 0) is 9.47 Å². The van der Waals surface area contributed by atoms with Crippen molar-refractivity contribution < 1.29 is 9.47 Å². The zero-order valence-corrected chi connectivity index (χ0v) is 13.1. The van der Waals surface area contributed by atoms with Gasteiger partial charge in [-0.25, -0.2) is 0 Å². The maximum Gasteiger partial charge on any atom is 0.121 e. The van der Waals surface area contributed by atoms with Crippen molar-refractivity contribution in [2.75, 3.05) is 18.7 Å². The van der Waals surface area contributed by atoms with E-state index in [1.807, 2.05) is 0 Å². The fourth-order valence-electron chi connectivity index (χ4n) is 1.99. The van der Waals surface area contributed by atoms with Crippen LogP contribution in [0.1, 0.15) is 64.7 Å². The van der Waals surface area contributed by atoms with E-state index in [4.69, 9.17) is 32.7 Å². The van der Waals surface area contributed by atoms with Gasteiger partial charge in [-0.3, -0.25) is 0 Å². The highest BCUT2D eigenvalue weighted by Gasteiger charge is 2.08. The van der Waals surface area contributed by atoms with Gasteiger partial charge in [0.1, 0.15) is 12.1 Å². The van der Waals surface area contributed by atoms with Crippen molar-refractivity contribution in [1.82, 2.24) is 0 Å². The molecule has 0 aliphatic heterocycles. The summed E-state index contributed by atoms with van der Waals surface area (Å²) >= 11 is 11.1. The molecule has 18 heavy (non-hydrogen) atoms. The van der Waals surface area contributed by atoms with Gasteiger partial charge in [-0.05, 0) is 6.42 Å². The summed E-state index contributed by atoms with van der Waals surface area (Å²) < 4.78 is 10.5. The molecular weight excluding hydrogens is 271 g/mol. The van der Waals surface area contributed by atoms with Gasteiger partial charge in [-0.2, -0.15) is 0 Å². The van der Waals surface area contributed by atoms with Crippen LogP contribution in [0.2, 0.25) is 0 Å². The van der Waals surface area contributed by atoms with Gasteiger partial charge in [-0.1, -0.05) is 81.5 Å². The van der Waals surface area contributed by atoms with Gasteiger partial charge >= 0.3 is 0 Å². The van der Waals surface area contributed by atoms with Gasteiger partial charge in [0.2, 0.25) is 0 Å². The first kappa shape index (κ1) is 18.5. The summed E-state index contributed by atoms with van der Waals surface area (Å²) in [4.78, 5) is 0.